The highest BCUT2D eigenvalue weighted by Crippen LogP contribution is 2.41. The first-order valence-electron chi connectivity index (χ1n) is 16.4. The molecule has 3 heterocycles. The molecule has 1 fully saturated rings. The van der Waals surface area contributed by atoms with Crippen LogP contribution in [0.5, 0.6) is 0 Å². The van der Waals surface area contributed by atoms with Crippen molar-refractivity contribution in [3.8, 4) is 33.6 Å². The average Bonchev–Trinajstić information content (AvgIpc) is 3.86. The fourth-order valence-electron chi connectivity index (χ4n) is 7.63. The van der Waals surface area contributed by atoms with Crippen LogP contribution in [-0.4, -0.2) is 15.7 Å². The number of fused-ring (bicyclic) bond motifs is 6. The molecule has 1 atom stereocenters. The van der Waals surface area contributed by atoms with E-state index < -0.39 is 0 Å². The van der Waals surface area contributed by atoms with Gasteiger partial charge in [0.15, 0.2) is 0 Å². The number of nitrogens with one attached hydrogen (secondary N) is 1. The van der Waals surface area contributed by atoms with Crippen molar-refractivity contribution in [3.05, 3.63) is 169 Å². The predicted molar refractivity (Wildman–Crippen MR) is 197 cm³/mol. The Bertz CT molecular complexity index is 2530. The Morgan fingerprint density at radius 1 is 0.426 bits per heavy atom. The fraction of sp³-hybridized carbons (Fsp3) is 0.0455. The van der Waals surface area contributed by atoms with Gasteiger partial charge in [0.05, 0.1) is 27.8 Å². The van der Waals surface area contributed by atoms with E-state index >= 15 is 0 Å². The predicted octanol–water partition coefficient (Wildman–Crippen LogP) is 10.9. The molecule has 1 saturated heterocycles. The minimum absolute atomic E-state index is 0.408. The highest BCUT2D eigenvalue weighted by Gasteiger charge is 2.26. The lowest BCUT2D eigenvalue weighted by atomic mass is 9.93. The number of aromatic nitrogens is 2. The molecule has 1 aliphatic rings. The van der Waals surface area contributed by atoms with Crippen molar-refractivity contribution in [1.29, 1.82) is 0 Å². The van der Waals surface area contributed by atoms with Crippen LogP contribution in [0.3, 0.4) is 0 Å². The summed E-state index contributed by atoms with van der Waals surface area (Å²) in [5, 5.41) is 8.64. The molecule has 1 N–H and O–H groups in total. The molecule has 222 valence electrons. The minimum Gasteiger partial charge on any atom is -0.309 e. The van der Waals surface area contributed by atoms with Gasteiger partial charge < -0.3 is 14.5 Å². The summed E-state index contributed by atoms with van der Waals surface area (Å²) in [4.78, 5) is 0. The largest absolute Gasteiger partial charge is 0.309 e. The number of para-hydroxylation sites is 4. The molecule has 0 radical (unpaired) electrons. The van der Waals surface area contributed by atoms with Gasteiger partial charge in [0, 0.05) is 45.4 Å². The van der Waals surface area contributed by atoms with Gasteiger partial charge in [0.25, 0.3) is 0 Å². The van der Waals surface area contributed by atoms with Crippen molar-refractivity contribution in [2.24, 2.45) is 0 Å². The van der Waals surface area contributed by atoms with E-state index in [2.05, 4.69) is 178 Å². The van der Waals surface area contributed by atoms with Crippen LogP contribution in [0.15, 0.2) is 164 Å². The topological polar surface area (TPSA) is 31.8 Å². The van der Waals surface area contributed by atoms with Gasteiger partial charge in [0.1, 0.15) is 0 Å². The maximum Gasteiger partial charge on any atom is 0.0546 e. The summed E-state index contributed by atoms with van der Waals surface area (Å²) in [7, 11) is 0. The van der Waals surface area contributed by atoms with Crippen molar-refractivity contribution >= 4 is 43.6 Å². The summed E-state index contributed by atoms with van der Waals surface area (Å²) in [6.07, 6.45) is 0. The first-order chi connectivity index (χ1) is 23.3. The van der Waals surface area contributed by atoms with Crippen LogP contribution in [-0.2, 0) is 0 Å². The lowest BCUT2D eigenvalue weighted by molar-refractivity contribution is 1.08. The van der Waals surface area contributed by atoms with Crippen molar-refractivity contribution in [2.45, 2.75) is 6.04 Å². The SMILES string of the molecule is c1ccc(C2CN2)c(-c2ccc(-c3ccc(-n4c5ccccc5c5ccccc54)cc3)cc2-n2c3ccccc3c3ccccc32)c1. The molecule has 0 bridgehead atoms. The zero-order valence-corrected chi connectivity index (χ0v) is 25.8. The van der Waals surface area contributed by atoms with Crippen LogP contribution in [0.1, 0.15) is 11.6 Å². The third-order valence-electron chi connectivity index (χ3n) is 9.89. The Morgan fingerprint density at radius 3 is 1.45 bits per heavy atom. The van der Waals surface area contributed by atoms with Crippen LogP contribution in [0.25, 0.3) is 77.2 Å². The molecular formula is C44H31N3. The Labute approximate surface area is 272 Å². The Balaban J connectivity index is 1.18. The van der Waals surface area contributed by atoms with Crippen LogP contribution < -0.4 is 5.32 Å². The summed E-state index contributed by atoms with van der Waals surface area (Å²) in [6.45, 7) is 1.03. The standard InChI is InChI=1S/C44H31N3/c1-2-12-33(39-28-45-39)32(11-1)38-26-23-30(27-44(38)47-42-19-9-5-15-36(42)37-16-6-10-20-43(37)47)29-21-24-31(25-22-29)46-40-17-7-3-13-34(40)35-14-4-8-18-41(35)46/h1-27,39,45H,28H2. The van der Waals surface area contributed by atoms with Crippen LogP contribution in [0.4, 0.5) is 0 Å². The maximum atomic E-state index is 3.54. The van der Waals surface area contributed by atoms with Gasteiger partial charge in [-0.25, -0.2) is 0 Å². The van der Waals surface area contributed by atoms with Crippen LogP contribution >= 0.6 is 0 Å². The summed E-state index contributed by atoms with van der Waals surface area (Å²) in [5.74, 6) is 0. The number of hydrogen-bond donors (Lipinski definition) is 1. The molecule has 7 aromatic carbocycles. The molecule has 0 spiro atoms. The smallest absolute Gasteiger partial charge is 0.0546 e. The first kappa shape index (κ1) is 26.3. The molecule has 1 aliphatic heterocycles. The van der Waals surface area contributed by atoms with E-state index in [4.69, 9.17) is 0 Å². The molecule has 9 aromatic rings. The van der Waals surface area contributed by atoms with E-state index in [9.17, 15) is 0 Å². The van der Waals surface area contributed by atoms with E-state index in [1.54, 1.807) is 0 Å². The number of rotatable bonds is 5. The highest BCUT2D eigenvalue weighted by molar-refractivity contribution is 6.10. The third-order valence-corrected chi connectivity index (χ3v) is 9.89. The summed E-state index contributed by atoms with van der Waals surface area (Å²) in [6, 6.07) is 60.3. The van der Waals surface area contributed by atoms with Gasteiger partial charge in [0.2, 0.25) is 0 Å². The van der Waals surface area contributed by atoms with Gasteiger partial charge >= 0.3 is 0 Å². The number of hydrogen-bond acceptors (Lipinski definition) is 1. The second-order valence-corrected chi connectivity index (χ2v) is 12.6. The second kappa shape index (κ2) is 10.3. The Kier molecular flexibility index (Phi) is 5.78. The van der Waals surface area contributed by atoms with Crippen molar-refractivity contribution < 1.29 is 0 Å². The molecule has 10 rings (SSSR count). The van der Waals surface area contributed by atoms with Gasteiger partial charge in [-0.05, 0) is 64.7 Å². The van der Waals surface area contributed by atoms with E-state index in [1.165, 1.54) is 77.1 Å². The summed E-state index contributed by atoms with van der Waals surface area (Å²) < 4.78 is 4.84. The van der Waals surface area contributed by atoms with Crippen LogP contribution in [0, 0.1) is 0 Å². The van der Waals surface area contributed by atoms with E-state index in [1.807, 2.05) is 0 Å². The molecule has 0 amide bonds. The number of nitrogens with zero attached hydrogens (tertiary/aromatic N) is 2. The molecule has 0 saturated carbocycles. The van der Waals surface area contributed by atoms with Gasteiger partial charge in [-0.2, -0.15) is 0 Å². The highest BCUT2D eigenvalue weighted by atomic mass is 15.1. The number of benzene rings is 7. The fourth-order valence-corrected chi connectivity index (χ4v) is 7.63. The molecule has 3 heteroatoms. The Morgan fingerprint density at radius 2 is 0.894 bits per heavy atom. The molecule has 0 aliphatic carbocycles. The van der Waals surface area contributed by atoms with Gasteiger partial charge in [-0.1, -0.05) is 121 Å². The van der Waals surface area contributed by atoms with E-state index in [-0.39, 0.29) is 0 Å². The maximum absolute atomic E-state index is 3.54. The van der Waals surface area contributed by atoms with Crippen molar-refractivity contribution in [3.63, 3.8) is 0 Å². The molecule has 2 aromatic heterocycles. The molecular weight excluding hydrogens is 571 g/mol. The molecule has 3 nitrogen and oxygen atoms in total. The van der Waals surface area contributed by atoms with E-state index in [0.717, 1.165) is 12.2 Å². The summed E-state index contributed by atoms with van der Waals surface area (Å²) >= 11 is 0. The average molecular weight is 602 g/mol. The summed E-state index contributed by atoms with van der Waals surface area (Å²) in [5.41, 5.74) is 13.5. The quantitative estimate of drug-likeness (QED) is 0.196. The van der Waals surface area contributed by atoms with Crippen molar-refractivity contribution in [2.75, 3.05) is 6.54 Å². The van der Waals surface area contributed by atoms with Crippen LogP contribution in [0.2, 0.25) is 0 Å². The van der Waals surface area contributed by atoms with Crippen molar-refractivity contribution in [1.82, 2.24) is 14.5 Å². The lowest BCUT2D eigenvalue weighted by Crippen LogP contribution is -2.00. The molecule has 1 unspecified atom stereocenters. The van der Waals surface area contributed by atoms with E-state index in [0.29, 0.717) is 6.04 Å². The minimum atomic E-state index is 0.408. The van der Waals surface area contributed by atoms with Gasteiger partial charge in [-0.3, -0.25) is 0 Å². The monoisotopic (exact) mass is 601 g/mol. The molecule has 47 heavy (non-hydrogen) atoms. The second-order valence-electron chi connectivity index (χ2n) is 12.6. The normalized spacial score (nSPS) is 14.4. The third kappa shape index (κ3) is 4.10. The Hall–Kier alpha value is -5.90. The lowest BCUT2D eigenvalue weighted by Gasteiger charge is -2.18. The van der Waals surface area contributed by atoms with Gasteiger partial charge in [-0.15, -0.1) is 0 Å². The zero-order chi connectivity index (χ0) is 30.9. The first-order valence-corrected chi connectivity index (χ1v) is 16.4. The zero-order valence-electron chi connectivity index (χ0n) is 25.8.